The highest BCUT2D eigenvalue weighted by molar-refractivity contribution is 14.1. The zero-order valence-electron chi connectivity index (χ0n) is 9.78. The molecule has 1 aromatic carbocycles. The molecule has 1 heterocycles. The number of carboxylic acids is 1. The van der Waals surface area contributed by atoms with Gasteiger partial charge in [0.15, 0.2) is 0 Å². The summed E-state index contributed by atoms with van der Waals surface area (Å²) in [5.74, 6) is -1.94. The Hall–Kier alpha value is -1.35. The zero-order chi connectivity index (χ0) is 14.2. The number of halogens is 1. The summed E-state index contributed by atoms with van der Waals surface area (Å²) in [6.45, 7) is -0.0410. The van der Waals surface area contributed by atoms with E-state index in [1.165, 1.54) is 12.1 Å². The summed E-state index contributed by atoms with van der Waals surface area (Å²) in [5.41, 5.74) is 0.0484. The van der Waals surface area contributed by atoms with E-state index < -0.39 is 24.0 Å². The third kappa shape index (κ3) is 2.81. The summed E-state index contributed by atoms with van der Waals surface area (Å²) >= 11 is 1.99. The standard InChI is InChI=1S/C12H12INO5/c13-6-1-2-10(16)8(3-6)11(17)14-5-7(15)4-9(14)12(18)19/h1-3,7,9,15-16H,4-5H2,(H,18,19). The molecule has 1 aliphatic rings. The van der Waals surface area contributed by atoms with Gasteiger partial charge in [0, 0.05) is 16.5 Å². The number of aliphatic carboxylic acids is 1. The number of hydrogen-bond acceptors (Lipinski definition) is 4. The van der Waals surface area contributed by atoms with E-state index >= 15 is 0 Å². The van der Waals surface area contributed by atoms with Crippen molar-refractivity contribution in [2.75, 3.05) is 6.54 Å². The van der Waals surface area contributed by atoms with E-state index in [0.29, 0.717) is 0 Å². The molecule has 7 heteroatoms. The lowest BCUT2D eigenvalue weighted by Crippen LogP contribution is -2.40. The topological polar surface area (TPSA) is 98.1 Å². The van der Waals surface area contributed by atoms with Crippen molar-refractivity contribution in [1.82, 2.24) is 4.90 Å². The van der Waals surface area contributed by atoms with Crippen LogP contribution in [-0.4, -0.2) is 50.8 Å². The summed E-state index contributed by atoms with van der Waals surface area (Å²) in [5, 5.41) is 28.3. The van der Waals surface area contributed by atoms with E-state index in [9.17, 15) is 19.8 Å². The highest BCUT2D eigenvalue weighted by atomic mass is 127. The number of aliphatic hydroxyl groups excluding tert-OH is 1. The van der Waals surface area contributed by atoms with Crippen LogP contribution < -0.4 is 0 Å². The Morgan fingerprint density at radius 1 is 1.37 bits per heavy atom. The molecule has 2 rings (SSSR count). The van der Waals surface area contributed by atoms with E-state index in [1.54, 1.807) is 6.07 Å². The molecule has 102 valence electrons. The highest BCUT2D eigenvalue weighted by Gasteiger charge is 2.39. The number of benzene rings is 1. The van der Waals surface area contributed by atoms with Crippen LogP contribution in [0, 0.1) is 3.57 Å². The Labute approximate surface area is 122 Å². The fourth-order valence-electron chi connectivity index (χ4n) is 2.11. The molecule has 0 aliphatic carbocycles. The van der Waals surface area contributed by atoms with Crippen LogP contribution in [0.4, 0.5) is 0 Å². The van der Waals surface area contributed by atoms with Crippen molar-refractivity contribution >= 4 is 34.5 Å². The number of phenolic OH excluding ortho intramolecular Hbond substituents is 1. The van der Waals surface area contributed by atoms with Crippen molar-refractivity contribution in [1.29, 1.82) is 0 Å². The Kier molecular flexibility index (Phi) is 3.95. The van der Waals surface area contributed by atoms with Crippen LogP contribution in [0.15, 0.2) is 18.2 Å². The van der Waals surface area contributed by atoms with E-state index in [1.807, 2.05) is 22.6 Å². The maximum absolute atomic E-state index is 12.3. The quantitative estimate of drug-likeness (QED) is 0.658. The summed E-state index contributed by atoms with van der Waals surface area (Å²) in [4.78, 5) is 24.4. The molecule has 0 spiro atoms. The molecule has 19 heavy (non-hydrogen) atoms. The summed E-state index contributed by atoms with van der Waals surface area (Å²) in [6, 6.07) is 3.46. The van der Waals surface area contributed by atoms with Crippen LogP contribution >= 0.6 is 22.6 Å². The van der Waals surface area contributed by atoms with Crippen LogP contribution in [0.25, 0.3) is 0 Å². The third-order valence-corrected chi connectivity index (χ3v) is 3.68. The van der Waals surface area contributed by atoms with Gasteiger partial charge >= 0.3 is 5.97 Å². The Morgan fingerprint density at radius 3 is 2.68 bits per heavy atom. The van der Waals surface area contributed by atoms with Crippen LogP contribution in [-0.2, 0) is 4.79 Å². The number of nitrogens with zero attached hydrogens (tertiary/aromatic N) is 1. The Bertz CT molecular complexity index is 533. The summed E-state index contributed by atoms with van der Waals surface area (Å²) in [6.07, 6.45) is -0.846. The third-order valence-electron chi connectivity index (χ3n) is 3.01. The number of amides is 1. The minimum atomic E-state index is -1.16. The van der Waals surface area contributed by atoms with E-state index in [2.05, 4.69) is 0 Å². The number of β-amino-alcohol motifs (C(OH)–C–C–N with tert-alkyl or cyclic N) is 1. The first kappa shape index (κ1) is 14.1. The smallest absolute Gasteiger partial charge is 0.326 e. The Balaban J connectivity index is 2.33. The molecule has 1 aliphatic heterocycles. The number of phenols is 1. The number of hydrogen-bond donors (Lipinski definition) is 3. The maximum Gasteiger partial charge on any atom is 0.326 e. The lowest BCUT2D eigenvalue weighted by molar-refractivity contribution is -0.141. The second kappa shape index (κ2) is 5.33. The molecule has 2 unspecified atom stereocenters. The van der Waals surface area contributed by atoms with Crippen molar-refractivity contribution in [2.45, 2.75) is 18.6 Å². The molecule has 1 fully saturated rings. The number of carbonyl (C=O) groups excluding carboxylic acids is 1. The SMILES string of the molecule is O=C(O)C1CC(O)CN1C(=O)c1cc(I)ccc1O. The zero-order valence-corrected chi connectivity index (χ0v) is 11.9. The molecule has 2 atom stereocenters. The van der Waals surface area contributed by atoms with Gasteiger partial charge in [-0.2, -0.15) is 0 Å². The van der Waals surface area contributed by atoms with E-state index in [4.69, 9.17) is 5.11 Å². The monoisotopic (exact) mass is 377 g/mol. The molecule has 0 bridgehead atoms. The van der Waals surface area contributed by atoms with Crippen LogP contribution in [0.3, 0.4) is 0 Å². The van der Waals surface area contributed by atoms with Crippen molar-refractivity contribution in [2.24, 2.45) is 0 Å². The van der Waals surface area contributed by atoms with Gasteiger partial charge in [-0.1, -0.05) is 0 Å². The van der Waals surface area contributed by atoms with Gasteiger partial charge < -0.3 is 20.2 Å². The average Bonchev–Trinajstić information content (AvgIpc) is 2.74. The maximum atomic E-state index is 12.3. The minimum Gasteiger partial charge on any atom is -0.507 e. The first-order valence-electron chi connectivity index (χ1n) is 5.60. The minimum absolute atomic E-state index is 0.00572. The van der Waals surface area contributed by atoms with Gasteiger partial charge in [0.2, 0.25) is 0 Å². The molecule has 0 saturated carbocycles. The lowest BCUT2D eigenvalue weighted by atomic mass is 10.1. The largest absolute Gasteiger partial charge is 0.507 e. The number of aromatic hydroxyl groups is 1. The number of rotatable bonds is 2. The number of likely N-dealkylation sites (tertiary alicyclic amines) is 1. The van der Waals surface area contributed by atoms with E-state index in [-0.39, 0.29) is 24.3 Å². The summed E-state index contributed by atoms with van der Waals surface area (Å²) in [7, 11) is 0. The number of carboxylic acid groups (broad SMARTS) is 1. The normalized spacial score (nSPS) is 22.5. The van der Waals surface area contributed by atoms with Gasteiger partial charge in [0.25, 0.3) is 5.91 Å². The molecular formula is C12H12INO5. The van der Waals surface area contributed by atoms with Crippen molar-refractivity contribution in [3.63, 3.8) is 0 Å². The van der Waals surface area contributed by atoms with Crippen LogP contribution in [0.1, 0.15) is 16.8 Å². The van der Waals surface area contributed by atoms with Crippen LogP contribution in [0.5, 0.6) is 5.75 Å². The molecule has 1 saturated heterocycles. The Morgan fingerprint density at radius 2 is 2.05 bits per heavy atom. The first-order chi connectivity index (χ1) is 8.90. The molecule has 0 radical (unpaired) electrons. The molecule has 1 aromatic rings. The summed E-state index contributed by atoms with van der Waals surface area (Å²) < 4.78 is 0.755. The van der Waals surface area contributed by atoms with Crippen molar-refractivity contribution in [3.05, 3.63) is 27.3 Å². The molecule has 0 aromatic heterocycles. The van der Waals surface area contributed by atoms with Crippen LogP contribution in [0.2, 0.25) is 0 Å². The fraction of sp³-hybridized carbons (Fsp3) is 0.333. The molecular weight excluding hydrogens is 365 g/mol. The van der Waals surface area contributed by atoms with Gasteiger partial charge in [0.05, 0.1) is 11.7 Å². The van der Waals surface area contributed by atoms with Gasteiger partial charge in [-0.25, -0.2) is 4.79 Å². The first-order valence-corrected chi connectivity index (χ1v) is 6.68. The average molecular weight is 377 g/mol. The molecule has 1 amide bonds. The lowest BCUT2D eigenvalue weighted by Gasteiger charge is -2.21. The molecule has 6 nitrogen and oxygen atoms in total. The van der Waals surface area contributed by atoms with E-state index in [0.717, 1.165) is 8.47 Å². The second-order valence-electron chi connectivity index (χ2n) is 4.36. The number of aliphatic hydroxyl groups is 1. The fourth-order valence-corrected chi connectivity index (χ4v) is 2.60. The van der Waals surface area contributed by atoms with Crippen molar-refractivity contribution < 1.29 is 24.9 Å². The van der Waals surface area contributed by atoms with Gasteiger partial charge in [0.1, 0.15) is 11.8 Å². The van der Waals surface area contributed by atoms with Gasteiger partial charge in [-0.15, -0.1) is 0 Å². The molecule has 3 N–H and O–H groups in total. The van der Waals surface area contributed by atoms with Gasteiger partial charge in [-0.3, -0.25) is 4.79 Å². The predicted octanol–water partition coefficient (Wildman–Crippen LogP) is 0.657. The van der Waals surface area contributed by atoms with Gasteiger partial charge in [-0.05, 0) is 40.8 Å². The number of carbonyl (C=O) groups is 2. The van der Waals surface area contributed by atoms with Crippen molar-refractivity contribution in [3.8, 4) is 5.75 Å². The highest BCUT2D eigenvalue weighted by Crippen LogP contribution is 2.26. The predicted molar refractivity (Wildman–Crippen MR) is 73.9 cm³/mol. The second-order valence-corrected chi connectivity index (χ2v) is 5.61.